The van der Waals surface area contributed by atoms with Crippen LogP contribution in [0.3, 0.4) is 0 Å². The van der Waals surface area contributed by atoms with Crippen LogP contribution in [0.4, 0.5) is 0 Å². The van der Waals surface area contributed by atoms with Crippen LogP contribution in [0.5, 0.6) is 0 Å². The number of benzene rings is 3. The molecule has 0 spiro atoms. The van der Waals surface area contributed by atoms with E-state index in [0.29, 0.717) is 17.3 Å². The molecule has 0 saturated heterocycles. The van der Waals surface area contributed by atoms with Crippen LogP contribution in [0.15, 0.2) is 84.9 Å². The Morgan fingerprint density at radius 3 is 2.14 bits per heavy atom. The van der Waals surface area contributed by atoms with Crippen molar-refractivity contribution < 1.29 is 4.85 Å². The number of aryl methyl sites for hydroxylation is 2. The van der Waals surface area contributed by atoms with Gasteiger partial charge in [0.2, 0.25) is 0 Å². The first-order chi connectivity index (χ1) is 14.2. The Kier molecular flexibility index (Phi) is 5.68. The van der Waals surface area contributed by atoms with E-state index >= 15 is 0 Å². The fourth-order valence-corrected chi connectivity index (χ4v) is 3.66. The largest absolute Gasteiger partial charge is 0.595 e. The number of rotatable bonds is 6. The Morgan fingerprint density at radius 2 is 1.48 bits per heavy atom. The maximum atomic E-state index is 13.3. The molecule has 0 aliphatic heterocycles. The SMILES string of the molecule is CCc1ccc(-c2cc(-c3ccc(Cl)cc3)n(CCc3ccccc3)[n+]2[O-])cc1. The predicted molar refractivity (Wildman–Crippen MR) is 119 cm³/mol. The summed E-state index contributed by atoms with van der Waals surface area (Å²) in [5.74, 6) is 0. The molecular weight excluding hydrogens is 380 g/mol. The highest BCUT2D eigenvalue weighted by molar-refractivity contribution is 6.30. The Balaban J connectivity index is 1.75. The first-order valence-electron chi connectivity index (χ1n) is 9.88. The lowest BCUT2D eigenvalue weighted by Crippen LogP contribution is -2.39. The monoisotopic (exact) mass is 402 g/mol. The van der Waals surface area contributed by atoms with E-state index in [1.807, 2.05) is 60.7 Å². The van der Waals surface area contributed by atoms with Crippen LogP contribution < -0.4 is 4.85 Å². The normalized spacial score (nSPS) is 11.0. The summed E-state index contributed by atoms with van der Waals surface area (Å²) < 4.78 is 1.80. The minimum atomic E-state index is 0.596. The zero-order chi connectivity index (χ0) is 20.2. The molecule has 0 aliphatic rings. The Labute approximate surface area is 176 Å². The van der Waals surface area contributed by atoms with Crippen LogP contribution in [-0.2, 0) is 19.4 Å². The fraction of sp³-hybridized carbons (Fsp3) is 0.160. The van der Waals surface area contributed by atoms with Crippen LogP contribution in [0, 0.1) is 5.21 Å². The summed E-state index contributed by atoms with van der Waals surface area (Å²) >= 11 is 6.07. The average Bonchev–Trinajstić information content (AvgIpc) is 3.10. The Morgan fingerprint density at radius 1 is 0.828 bits per heavy atom. The molecule has 4 heteroatoms. The molecule has 0 saturated carbocycles. The van der Waals surface area contributed by atoms with Crippen molar-refractivity contribution in [3.63, 3.8) is 0 Å². The van der Waals surface area contributed by atoms with Crippen molar-refractivity contribution in [2.45, 2.75) is 26.3 Å². The van der Waals surface area contributed by atoms with Gasteiger partial charge in [-0.25, -0.2) is 0 Å². The molecule has 0 aliphatic carbocycles. The minimum absolute atomic E-state index is 0.596. The highest BCUT2D eigenvalue weighted by Gasteiger charge is 2.21. The van der Waals surface area contributed by atoms with Gasteiger partial charge in [-0.05, 0) is 48.2 Å². The van der Waals surface area contributed by atoms with Gasteiger partial charge in [0.1, 0.15) is 5.69 Å². The lowest BCUT2D eigenvalue weighted by molar-refractivity contribution is -0.683. The molecule has 0 radical (unpaired) electrons. The van der Waals surface area contributed by atoms with Crippen molar-refractivity contribution in [1.82, 2.24) is 4.68 Å². The molecule has 3 aromatic carbocycles. The Hall–Kier alpha value is -3.04. The number of hydrogen-bond acceptors (Lipinski definition) is 1. The molecule has 4 rings (SSSR count). The van der Waals surface area contributed by atoms with E-state index in [1.54, 1.807) is 4.68 Å². The molecule has 29 heavy (non-hydrogen) atoms. The van der Waals surface area contributed by atoms with E-state index < -0.39 is 0 Å². The van der Waals surface area contributed by atoms with Gasteiger partial charge in [-0.2, -0.15) is 0 Å². The van der Waals surface area contributed by atoms with Crippen LogP contribution in [-0.4, -0.2) is 4.68 Å². The molecule has 3 nitrogen and oxygen atoms in total. The highest BCUT2D eigenvalue weighted by Crippen LogP contribution is 2.27. The van der Waals surface area contributed by atoms with Crippen LogP contribution in [0.1, 0.15) is 18.1 Å². The van der Waals surface area contributed by atoms with Crippen molar-refractivity contribution in [1.29, 1.82) is 0 Å². The smallest absolute Gasteiger partial charge is 0.252 e. The second-order valence-corrected chi connectivity index (χ2v) is 7.54. The third-order valence-corrected chi connectivity index (χ3v) is 5.48. The van der Waals surface area contributed by atoms with Gasteiger partial charge in [0.15, 0.2) is 0 Å². The summed E-state index contributed by atoms with van der Waals surface area (Å²) in [6, 6.07) is 28.0. The lowest BCUT2D eigenvalue weighted by Gasteiger charge is -2.09. The van der Waals surface area contributed by atoms with Gasteiger partial charge >= 0.3 is 0 Å². The zero-order valence-corrected chi connectivity index (χ0v) is 17.1. The molecule has 0 fully saturated rings. The predicted octanol–water partition coefficient (Wildman–Crippen LogP) is 5.91. The van der Waals surface area contributed by atoms with Crippen LogP contribution in [0.25, 0.3) is 22.5 Å². The maximum absolute atomic E-state index is 13.3. The van der Waals surface area contributed by atoms with Gasteiger partial charge in [-0.3, -0.25) is 0 Å². The lowest BCUT2D eigenvalue weighted by atomic mass is 10.1. The summed E-state index contributed by atoms with van der Waals surface area (Å²) in [6.07, 6.45) is 1.76. The van der Waals surface area contributed by atoms with Gasteiger partial charge in [0.25, 0.3) is 5.69 Å². The second kappa shape index (κ2) is 8.54. The maximum Gasteiger partial charge on any atom is 0.252 e. The molecule has 0 unspecified atom stereocenters. The number of hydrogen-bond donors (Lipinski definition) is 0. The van der Waals surface area contributed by atoms with Gasteiger partial charge in [-0.15, -0.1) is 4.68 Å². The summed E-state index contributed by atoms with van der Waals surface area (Å²) in [5, 5.41) is 13.9. The summed E-state index contributed by atoms with van der Waals surface area (Å²) in [5.41, 5.74) is 5.91. The third kappa shape index (κ3) is 4.20. The van der Waals surface area contributed by atoms with Crippen molar-refractivity contribution in [2.75, 3.05) is 0 Å². The zero-order valence-electron chi connectivity index (χ0n) is 16.4. The molecule has 146 valence electrons. The Bertz CT molecular complexity index is 1080. The molecule has 0 N–H and O–H groups in total. The van der Waals surface area contributed by atoms with Crippen LogP contribution in [0.2, 0.25) is 5.02 Å². The molecule has 0 atom stereocenters. The van der Waals surface area contributed by atoms with Crippen LogP contribution >= 0.6 is 11.6 Å². The van der Waals surface area contributed by atoms with Crippen molar-refractivity contribution in [3.05, 3.63) is 106 Å². The average molecular weight is 403 g/mol. The van der Waals surface area contributed by atoms with E-state index in [4.69, 9.17) is 11.6 Å². The first-order valence-corrected chi connectivity index (χ1v) is 10.3. The fourth-order valence-electron chi connectivity index (χ4n) is 3.54. The molecule has 0 bridgehead atoms. The first kappa shape index (κ1) is 19.3. The molecule has 1 heterocycles. The van der Waals surface area contributed by atoms with Gasteiger partial charge in [0, 0.05) is 16.7 Å². The topological polar surface area (TPSA) is 31.9 Å². The van der Waals surface area contributed by atoms with Gasteiger partial charge in [-0.1, -0.05) is 78.0 Å². The minimum Gasteiger partial charge on any atom is -0.595 e. The molecular formula is C25H23ClN2O. The van der Waals surface area contributed by atoms with Gasteiger partial charge in [0.05, 0.1) is 12.1 Å². The highest BCUT2D eigenvalue weighted by atomic mass is 35.5. The summed E-state index contributed by atoms with van der Waals surface area (Å²) in [7, 11) is 0. The molecule has 4 aromatic rings. The number of aromatic nitrogens is 2. The summed E-state index contributed by atoms with van der Waals surface area (Å²) in [6.45, 7) is 2.72. The molecule has 0 amide bonds. The van der Waals surface area contributed by atoms with E-state index in [1.165, 1.54) is 11.1 Å². The standard InChI is InChI=1S/C25H23ClN2O/c1-2-19-8-10-22(11-9-19)25-18-24(21-12-14-23(26)15-13-21)27(28(25)29)17-16-20-6-4-3-5-7-20/h3-15,18H,2,16-17H2,1H3. The van der Waals surface area contributed by atoms with E-state index in [-0.39, 0.29) is 0 Å². The van der Waals surface area contributed by atoms with Crippen molar-refractivity contribution in [3.8, 4) is 22.5 Å². The van der Waals surface area contributed by atoms with Gasteiger partial charge < -0.3 is 5.21 Å². The van der Waals surface area contributed by atoms with Crippen molar-refractivity contribution in [2.24, 2.45) is 0 Å². The third-order valence-electron chi connectivity index (χ3n) is 5.23. The number of halogens is 1. The molecule has 1 aromatic heterocycles. The summed E-state index contributed by atoms with van der Waals surface area (Å²) in [4.78, 5) is 1.02. The second-order valence-electron chi connectivity index (χ2n) is 7.10. The van der Waals surface area contributed by atoms with E-state index in [9.17, 15) is 5.21 Å². The van der Waals surface area contributed by atoms with E-state index in [2.05, 4.69) is 31.2 Å². The number of nitrogens with zero attached hydrogens (tertiary/aromatic N) is 2. The quantitative estimate of drug-likeness (QED) is 0.291. The van der Waals surface area contributed by atoms with E-state index in [0.717, 1.165) is 34.5 Å². The van der Waals surface area contributed by atoms with Crippen molar-refractivity contribution >= 4 is 11.6 Å².